The molecule has 0 bridgehead atoms. The van der Waals surface area contributed by atoms with Crippen LogP contribution in [0.3, 0.4) is 0 Å². The van der Waals surface area contributed by atoms with Crippen molar-refractivity contribution in [2.45, 2.75) is 54.5 Å². The first kappa shape index (κ1) is 19.2. The summed E-state index contributed by atoms with van der Waals surface area (Å²) in [7, 11) is 0. The second-order valence-corrected chi connectivity index (χ2v) is 14.0. The van der Waals surface area contributed by atoms with Gasteiger partial charge in [-0.3, -0.25) is 0 Å². The summed E-state index contributed by atoms with van der Waals surface area (Å²) in [5.41, 5.74) is 2.50. The molecule has 5 heteroatoms. The number of carboxylic acids is 1. The molecule has 0 saturated carbocycles. The lowest BCUT2D eigenvalue weighted by Gasteiger charge is -2.30. The van der Waals surface area contributed by atoms with Gasteiger partial charge in [0.25, 0.3) is 0 Å². The molecule has 0 spiro atoms. The van der Waals surface area contributed by atoms with E-state index in [0.29, 0.717) is 5.56 Å². The number of rotatable bonds is 1. The SMILES string of the molecule is CC(C)(C)c1cc(C(Br)(Br)Br)cc(C(C)(C)C)c1C(=O)O. The maximum absolute atomic E-state index is 11.9. The van der Waals surface area contributed by atoms with Crippen molar-refractivity contribution in [3.05, 3.63) is 34.4 Å². The first-order valence-corrected chi connectivity index (χ1v) is 9.03. The lowest BCUT2D eigenvalue weighted by atomic mass is 9.75. The molecule has 21 heavy (non-hydrogen) atoms. The molecule has 0 aliphatic heterocycles. The average Bonchev–Trinajstić information content (AvgIpc) is 2.23. The molecule has 1 aromatic carbocycles. The maximum atomic E-state index is 11.9. The van der Waals surface area contributed by atoms with Gasteiger partial charge in [0.2, 0.25) is 0 Å². The van der Waals surface area contributed by atoms with E-state index in [0.717, 1.165) is 16.7 Å². The van der Waals surface area contributed by atoms with E-state index >= 15 is 0 Å². The van der Waals surface area contributed by atoms with Crippen LogP contribution in [-0.4, -0.2) is 11.1 Å². The van der Waals surface area contributed by atoms with E-state index in [1.807, 2.05) is 53.7 Å². The molecule has 118 valence electrons. The highest BCUT2D eigenvalue weighted by atomic mass is 80.0. The molecule has 0 radical (unpaired) electrons. The molecule has 1 rings (SSSR count). The fourth-order valence-electron chi connectivity index (χ4n) is 2.22. The monoisotopic (exact) mass is 482 g/mol. The van der Waals surface area contributed by atoms with Gasteiger partial charge in [0, 0.05) is 0 Å². The summed E-state index contributed by atoms with van der Waals surface area (Å²) in [5.74, 6) is -0.874. The maximum Gasteiger partial charge on any atom is 0.336 e. The van der Waals surface area contributed by atoms with Gasteiger partial charge in [-0.1, -0.05) is 101 Å². The van der Waals surface area contributed by atoms with Crippen LogP contribution in [-0.2, 0) is 13.0 Å². The average molecular weight is 485 g/mol. The minimum atomic E-state index is -0.874. The van der Waals surface area contributed by atoms with Crippen LogP contribution in [0.15, 0.2) is 12.1 Å². The molecular formula is C16H21Br3O2. The highest BCUT2D eigenvalue weighted by Crippen LogP contribution is 2.47. The highest BCUT2D eigenvalue weighted by molar-refractivity contribution is 9.38. The number of benzene rings is 1. The van der Waals surface area contributed by atoms with E-state index in [2.05, 4.69) is 47.8 Å². The van der Waals surface area contributed by atoms with Gasteiger partial charge < -0.3 is 5.11 Å². The summed E-state index contributed by atoms with van der Waals surface area (Å²) in [5, 5.41) is 9.73. The van der Waals surface area contributed by atoms with Crippen molar-refractivity contribution in [3.63, 3.8) is 0 Å². The fraction of sp³-hybridized carbons (Fsp3) is 0.562. The Morgan fingerprint density at radius 3 is 1.43 bits per heavy atom. The van der Waals surface area contributed by atoms with Gasteiger partial charge >= 0.3 is 5.97 Å². The molecule has 1 aromatic rings. The first-order valence-electron chi connectivity index (χ1n) is 6.65. The Labute approximate surface area is 152 Å². The molecule has 0 aromatic heterocycles. The Kier molecular flexibility index (Phi) is 5.45. The molecular weight excluding hydrogens is 464 g/mol. The Morgan fingerprint density at radius 1 is 0.905 bits per heavy atom. The van der Waals surface area contributed by atoms with E-state index in [1.165, 1.54) is 0 Å². The van der Waals surface area contributed by atoms with Crippen LogP contribution in [0, 0.1) is 0 Å². The van der Waals surface area contributed by atoms with Crippen LogP contribution in [0.25, 0.3) is 0 Å². The molecule has 0 fully saturated rings. The van der Waals surface area contributed by atoms with Crippen LogP contribution >= 0.6 is 47.8 Å². The minimum absolute atomic E-state index is 0.262. The van der Waals surface area contributed by atoms with Crippen molar-refractivity contribution < 1.29 is 9.90 Å². The fourth-order valence-corrected chi connectivity index (χ4v) is 2.91. The molecule has 0 aliphatic carbocycles. The molecule has 0 amide bonds. The number of hydrogen-bond donors (Lipinski definition) is 1. The number of carbonyl (C=O) groups is 1. The second kappa shape index (κ2) is 5.97. The number of hydrogen-bond acceptors (Lipinski definition) is 1. The Hall–Kier alpha value is 0.130. The van der Waals surface area contributed by atoms with Crippen molar-refractivity contribution in [2.24, 2.45) is 0 Å². The van der Waals surface area contributed by atoms with Gasteiger partial charge in [0.05, 0.1) is 5.56 Å². The van der Waals surface area contributed by atoms with Crippen LogP contribution in [0.5, 0.6) is 0 Å². The van der Waals surface area contributed by atoms with Crippen molar-refractivity contribution in [3.8, 4) is 0 Å². The van der Waals surface area contributed by atoms with E-state index in [-0.39, 0.29) is 10.8 Å². The van der Waals surface area contributed by atoms with E-state index in [1.54, 1.807) is 0 Å². The van der Waals surface area contributed by atoms with Crippen molar-refractivity contribution >= 4 is 53.8 Å². The zero-order chi connectivity index (χ0) is 16.8. The zero-order valence-electron chi connectivity index (χ0n) is 13.1. The van der Waals surface area contributed by atoms with E-state index < -0.39 is 8.11 Å². The molecule has 0 heterocycles. The first-order chi connectivity index (χ1) is 9.15. The third-order valence-corrected chi connectivity index (χ3v) is 4.67. The Balaban J connectivity index is 3.89. The number of aromatic carboxylic acids is 1. The van der Waals surface area contributed by atoms with Crippen LogP contribution in [0.2, 0.25) is 0 Å². The van der Waals surface area contributed by atoms with Gasteiger partial charge in [-0.25, -0.2) is 4.79 Å². The zero-order valence-corrected chi connectivity index (χ0v) is 17.9. The van der Waals surface area contributed by atoms with Gasteiger partial charge in [-0.15, -0.1) is 0 Å². The Morgan fingerprint density at radius 2 is 1.24 bits per heavy atom. The Bertz CT molecular complexity index is 523. The minimum Gasteiger partial charge on any atom is -0.478 e. The van der Waals surface area contributed by atoms with Crippen LogP contribution in [0.4, 0.5) is 0 Å². The van der Waals surface area contributed by atoms with E-state index in [4.69, 9.17) is 0 Å². The summed E-state index contributed by atoms with van der Waals surface area (Å²) < 4.78 is -0.565. The normalized spacial score (nSPS) is 13.4. The molecule has 0 aliphatic rings. The summed E-state index contributed by atoms with van der Waals surface area (Å²) in [6.45, 7) is 12.2. The van der Waals surface area contributed by atoms with E-state index in [9.17, 15) is 9.90 Å². The molecule has 0 atom stereocenters. The summed E-state index contributed by atoms with van der Waals surface area (Å²) in [6, 6.07) is 3.88. The lowest BCUT2D eigenvalue weighted by molar-refractivity contribution is 0.0691. The van der Waals surface area contributed by atoms with Crippen LogP contribution in [0.1, 0.15) is 68.6 Å². The lowest BCUT2D eigenvalue weighted by Crippen LogP contribution is -2.25. The standard InChI is InChI=1S/C16H21Br3O2/c1-14(2,3)10-7-9(16(17,18)19)8-11(15(4,5)6)12(10)13(20)21/h7-8H,1-6H3,(H,20,21). The number of halogens is 3. The molecule has 0 unspecified atom stereocenters. The van der Waals surface area contributed by atoms with Gasteiger partial charge in [0.1, 0.15) is 0 Å². The van der Waals surface area contributed by atoms with Gasteiger partial charge in [0.15, 0.2) is 2.14 Å². The molecule has 0 saturated heterocycles. The molecule has 1 N–H and O–H groups in total. The quantitative estimate of drug-likeness (QED) is 0.476. The molecule has 2 nitrogen and oxygen atoms in total. The third-order valence-electron chi connectivity index (χ3n) is 3.30. The second-order valence-electron chi connectivity index (χ2n) is 7.25. The largest absolute Gasteiger partial charge is 0.478 e. The summed E-state index contributed by atoms with van der Waals surface area (Å²) in [6.07, 6.45) is 0. The van der Waals surface area contributed by atoms with Crippen LogP contribution < -0.4 is 0 Å². The predicted molar refractivity (Wildman–Crippen MR) is 99.3 cm³/mol. The van der Waals surface area contributed by atoms with Gasteiger partial charge in [-0.05, 0) is 27.5 Å². The predicted octanol–water partition coefficient (Wildman–Crippen LogP) is 6.27. The smallest absolute Gasteiger partial charge is 0.336 e. The van der Waals surface area contributed by atoms with Crippen molar-refractivity contribution in [2.75, 3.05) is 0 Å². The van der Waals surface area contributed by atoms with Crippen molar-refractivity contribution in [1.82, 2.24) is 0 Å². The summed E-state index contributed by atoms with van der Waals surface area (Å²) in [4.78, 5) is 11.9. The van der Waals surface area contributed by atoms with Gasteiger partial charge in [-0.2, -0.15) is 0 Å². The summed E-state index contributed by atoms with van der Waals surface area (Å²) >= 11 is 10.6. The topological polar surface area (TPSA) is 37.3 Å². The number of carboxylic acid groups (broad SMARTS) is 1. The van der Waals surface area contributed by atoms with Crippen molar-refractivity contribution in [1.29, 1.82) is 0 Å². The number of alkyl halides is 3. The highest BCUT2D eigenvalue weighted by Gasteiger charge is 2.33. The third kappa shape index (κ3) is 4.55.